The minimum Gasteiger partial charge on any atom is -0.443 e. The van der Waals surface area contributed by atoms with Gasteiger partial charge < -0.3 is 4.74 Å². The van der Waals surface area contributed by atoms with Crippen LogP contribution in [0, 0.1) is 28.6 Å². The van der Waals surface area contributed by atoms with Crippen molar-refractivity contribution < 1.29 is 14.3 Å². The van der Waals surface area contributed by atoms with Gasteiger partial charge in [0.1, 0.15) is 6.10 Å². The molecule has 3 rings (SSSR count). The Hall–Kier alpha value is -1.50. The monoisotopic (exact) mass is 261 g/mol. The molecular weight excluding hydrogens is 242 g/mol. The third kappa shape index (κ3) is 1.26. The molecule has 0 aromatic heterocycles. The van der Waals surface area contributed by atoms with Gasteiger partial charge in [-0.1, -0.05) is 26.7 Å². The number of carbonyl (C=O) groups is 2. The summed E-state index contributed by atoms with van der Waals surface area (Å²) in [6.07, 6.45) is 1.44. The van der Waals surface area contributed by atoms with Gasteiger partial charge in [0.2, 0.25) is 0 Å². The van der Waals surface area contributed by atoms with Gasteiger partial charge in [0.15, 0.2) is 0 Å². The Morgan fingerprint density at radius 3 is 2.74 bits per heavy atom. The maximum Gasteiger partial charge on any atom is 0.418 e. The molecule has 3 fully saturated rings. The van der Waals surface area contributed by atoms with E-state index in [4.69, 9.17) is 4.74 Å². The first-order chi connectivity index (χ1) is 8.84. The fourth-order valence-electron chi connectivity index (χ4n) is 4.49. The Kier molecular flexibility index (Phi) is 2.33. The Morgan fingerprint density at radius 1 is 1.42 bits per heavy atom. The Balaban J connectivity index is 2.05. The van der Waals surface area contributed by atoms with Gasteiger partial charge in [-0.2, -0.15) is 0 Å². The summed E-state index contributed by atoms with van der Waals surface area (Å²) in [5, 5.41) is 0. The number of fused-ring (bicyclic) bond motifs is 5. The lowest BCUT2D eigenvalue weighted by Crippen LogP contribution is -2.50. The third-order valence-corrected chi connectivity index (χ3v) is 5.90. The van der Waals surface area contributed by atoms with Crippen molar-refractivity contribution in [3.05, 3.63) is 0 Å². The summed E-state index contributed by atoms with van der Waals surface area (Å²) in [4.78, 5) is 25.3. The standard InChI is InChI=1S/C15H19NO3/c1-5-6-10(17)16-12-11(19-13(16)18)9-7-8-15(12,4)14(9,2)3/h9,11-12H,7-8H2,1-4H3/t9-,11-,12-,15+/m1/s1. The van der Waals surface area contributed by atoms with Crippen LogP contribution < -0.4 is 0 Å². The highest BCUT2D eigenvalue weighted by Gasteiger charge is 2.72. The van der Waals surface area contributed by atoms with Crippen LogP contribution in [0.15, 0.2) is 0 Å². The second-order valence-electron chi connectivity index (χ2n) is 6.63. The molecule has 4 atom stereocenters. The fourth-order valence-corrected chi connectivity index (χ4v) is 4.49. The number of rotatable bonds is 0. The lowest BCUT2D eigenvalue weighted by molar-refractivity contribution is -0.125. The molecule has 0 aromatic rings. The van der Waals surface area contributed by atoms with Crippen molar-refractivity contribution in [2.75, 3.05) is 0 Å². The van der Waals surface area contributed by atoms with E-state index in [-0.39, 0.29) is 23.0 Å². The molecule has 2 amide bonds. The molecule has 3 aliphatic rings. The largest absolute Gasteiger partial charge is 0.443 e. The molecule has 1 saturated heterocycles. The van der Waals surface area contributed by atoms with Crippen molar-refractivity contribution in [3.8, 4) is 11.8 Å². The zero-order valence-electron chi connectivity index (χ0n) is 11.8. The third-order valence-electron chi connectivity index (χ3n) is 5.90. The van der Waals surface area contributed by atoms with Gasteiger partial charge in [-0.05, 0) is 36.5 Å². The van der Waals surface area contributed by atoms with Crippen LogP contribution in [0.3, 0.4) is 0 Å². The zero-order chi connectivity index (χ0) is 14.0. The van der Waals surface area contributed by atoms with Crippen molar-refractivity contribution in [2.45, 2.75) is 52.7 Å². The molecular formula is C15H19NO3. The lowest BCUT2D eigenvalue weighted by Gasteiger charge is -2.40. The minimum atomic E-state index is -0.517. The van der Waals surface area contributed by atoms with Crippen LogP contribution in [-0.2, 0) is 9.53 Å². The summed E-state index contributed by atoms with van der Waals surface area (Å²) >= 11 is 0. The van der Waals surface area contributed by atoms with Crippen molar-refractivity contribution in [2.24, 2.45) is 16.7 Å². The molecule has 0 radical (unpaired) electrons. The SMILES string of the molecule is CC#CC(=O)N1C(=O)O[C@@H]2[C@H]3CC[C@@](C)([C@@H]21)C3(C)C. The van der Waals surface area contributed by atoms with Crippen LogP contribution in [0.1, 0.15) is 40.5 Å². The minimum absolute atomic E-state index is 0.0699. The molecule has 4 nitrogen and oxygen atoms in total. The summed E-state index contributed by atoms with van der Waals surface area (Å²) in [6.45, 7) is 8.23. The normalized spacial score (nSPS) is 41.6. The van der Waals surface area contributed by atoms with Gasteiger partial charge in [-0.25, -0.2) is 9.69 Å². The van der Waals surface area contributed by atoms with E-state index in [2.05, 4.69) is 32.6 Å². The lowest BCUT2D eigenvalue weighted by atomic mass is 9.69. The molecule has 2 aliphatic carbocycles. The molecule has 1 aliphatic heterocycles. The number of imide groups is 1. The molecule has 0 spiro atoms. The predicted octanol–water partition coefficient (Wildman–Crippen LogP) is 2.18. The van der Waals surface area contributed by atoms with E-state index in [1.54, 1.807) is 6.92 Å². The first-order valence-electron chi connectivity index (χ1n) is 6.81. The molecule has 0 N–H and O–H groups in total. The van der Waals surface area contributed by atoms with Crippen molar-refractivity contribution in [3.63, 3.8) is 0 Å². The van der Waals surface area contributed by atoms with Gasteiger partial charge >= 0.3 is 12.0 Å². The number of carbonyl (C=O) groups excluding carboxylic acids is 2. The highest BCUT2D eigenvalue weighted by Crippen LogP contribution is 2.68. The average molecular weight is 261 g/mol. The molecule has 2 saturated carbocycles. The van der Waals surface area contributed by atoms with Gasteiger partial charge in [0.25, 0.3) is 0 Å². The van der Waals surface area contributed by atoms with Crippen LogP contribution >= 0.6 is 0 Å². The highest BCUT2D eigenvalue weighted by atomic mass is 16.6. The molecule has 0 unspecified atom stereocenters. The van der Waals surface area contributed by atoms with Gasteiger partial charge in [-0.3, -0.25) is 4.79 Å². The van der Waals surface area contributed by atoms with E-state index >= 15 is 0 Å². The number of amides is 2. The molecule has 2 bridgehead atoms. The summed E-state index contributed by atoms with van der Waals surface area (Å²) in [7, 11) is 0. The Labute approximate surface area is 113 Å². The molecule has 0 aromatic carbocycles. The number of hydrogen-bond donors (Lipinski definition) is 0. The van der Waals surface area contributed by atoms with E-state index in [0.717, 1.165) is 12.8 Å². The van der Waals surface area contributed by atoms with Crippen LogP contribution in [0.25, 0.3) is 0 Å². The van der Waals surface area contributed by atoms with Crippen molar-refractivity contribution in [1.82, 2.24) is 4.90 Å². The van der Waals surface area contributed by atoms with Crippen LogP contribution in [0.4, 0.5) is 4.79 Å². The highest BCUT2D eigenvalue weighted by molar-refractivity contribution is 6.04. The van der Waals surface area contributed by atoms with Crippen molar-refractivity contribution in [1.29, 1.82) is 0 Å². The average Bonchev–Trinajstić information content (AvgIpc) is 2.82. The maximum absolute atomic E-state index is 12.1. The van der Waals surface area contributed by atoms with Gasteiger partial charge in [-0.15, -0.1) is 0 Å². The van der Waals surface area contributed by atoms with Crippen LogP contribution in [0.2, 0.25) is 0 Å². The zero-order valence-corrected chi connectivity index (χ0v) is 11.8. The van der Waals surface area contributed by atoms with E-state index in [1.165, 1.54) is 4.90 Å². The summed E-state index contributed by atoms with van der Waals surface area (Å²) < 4.78 is 5.50. The summed E-state index contributed by atoms with van der Waals surface area (Å²) in [5.41, 5.74) is 0.0147. The fraction of sp³-hybridized carbons (Fsp3) is 0.733. The second-order valence-corrected chi connectivity index (χ2v) is 6.63. The smallest absolute Gasteiger partial charge is 0.418 e. The first kappa shape index (κ1) is 12.5. The van der Waals surface area contributed by atoms with E-state index in [0.29, 0.717) is 5.92 Å². The second kappa shape index (κ2) is 3.53. The quantitative estimate of drug-likeness (QED) is 0.628. The molecule has 4 heteroatoms. The Bertz CT molecular complexity index is 527. The topological polar surface area (TPSA) is 46.6 Å². The van der Waals surface area contributed by atoms with Crippen LogP contribution in [-0.4, -0.2) is 29.0 Å². The number of ether oxygens (including phenoxy) is 1. The van der Waals surface area contributed by atoms with E-state index < -0.39 is 12.0 Å². The first-order valence-corrected chi connectivity index (χ1v) is 6.81. The van der Waals surface area contributed by atoms with Gasteiger partial charge in [0, 0.05) is 5.92 Å². The number of nitrogens with zero attached hydrogens (tertiary/aromatic N) is 1. The predicted molar refractivity (Wildman–Crippen MR) is 69.0 cm³/mol. The van der Waals surface area contributed by atoms with Crippen LogP contribution in [0.5, 0.6) is 0 Å². The number of hydrogen-bond acceptors (Lipinski definition) is 3. The Morgan fingerprint density at radius 2 is 2.11 bits per heavy atom. The van der Waals surface area contributed by atoms with Crippen molar-refractivity contribution >= 4 is 12.0 Å². The van der Waals surface area contributed by atoms with E-state index in [9.17, 15) is 9.59 Å². The van der Waals surface area contributed by atoms with E-state index in [1.807, 2.05) is 0 Å². The summed E-state index contributed by atoms with van der Waals surface area (Å²) in [6, 6.07) is -0.151. The molecule has 19 heavy (non-hydrogen) atoms. The molecule has 1 heterocycles. The maximum atomic E-state index is 12.1. The van der Waals surface area contributed by atoms with Gasteiger partial charge in [0.05, 0.1) is 6.04 Å². The molecule has 102 valence electrons. The summed E-state index contributed by atoms with van der Waals surface area (Å²) in [5.74, 6) is 4.96.